The van der Waals surface area contributed by atoms with E-state index in [9.17, 15) is 4.79 Å². The minimum absolute atomic E-state index is 0.00344. The molecule has 2 fully saturated rings. The maximum absolute atomic E-state index is 11.4. The van der Waals surface area contributed by atoms with E-state index in [2.05, 4.69) is 20.5 Å². The summed E-state index contributed by atoms with van der Waals surface area (Å²) in [6.07, 6.45) is 4.35. The molecule has 8 heteroatoms. The molecule has 1 atom stereocenters. The average Bonchev–Trinajstić information content (AvgIpc) is 3.05. The van der Waals surface area contributed by atoms with Crippen LogP contribution in [0.15, 0.2) is 17.2 Å². The van der Waals surface area contributed by atoms with Crippen LogP contribution in [-0.4, -0.2) is 51.0 Å². The van der Waals surface area contributed by atoms with Crippen LogP contribution in [-0.2, 0) is 4.74 Å². The quantitative estimate of drug-likeness (QED) is 0.789. The van der Waals surface area contributed by atoms with Gasteiger partial charge in [0, 0.05) is 12.5 Å². The summed E-state index contributed by atoms with van der Waals surface area (Å²) in [5.41, 5.74) is 0.158. The number of hydrogen-bond acceptors (Lipinski definition) is 6. The van der Waals surface area contributed by atoms with E-state index in [0.717, 1.165) is 32.4 Å². The Hall–Kier alpha value is -1.93. The van der Waals surface area contributed by atoms with Gasteiger partial charge in [-0.1, -0.05) is 0 Å². The first-order valence-electron chi connectivity index (χ1n) is 7.18. The molecule has 4 heterocycles. The average molecular weight is 291 g/mol. The van der Waals surface area contributed by atoms with E-state index < -0.39 is 0 Å². The van der Waals surface area contributed by atoms with Crippen molar-refractivity contribution in [1.29, 1.82) is 0 Å². The van der Waals surface area contributed by atoms with Gasteiger partial charge in [0.1, 0.15) is 12.4 Å². The summed E-state index contributed by atoms with van der Waals surface area (Å²) < 4.78 is 13.2. The summed E-state index contributed by atoms with van der Waals surface area (Å²) >= 11 is 0. The summed E-state index contributed by atoms with van der Waals surface area (Å²) in [5.74, 6) is 0.473. The lowest BCUT2D eigenvalue weighted by atomic mass is 9.89. The summed E-state index contributed by atoms with van der Waals surface area (Å²) in [4.78, 5) is 15.5. The van der Waals surface area contributed by atoms with Crippen LogP contribution in [0.3, 0.4) is 0 Å². The molecule has 0 radical (unpaired) electrons. The highest BCUT2D eigenvalue weighted by molar-refractivity contribution is 5.39. The summed E-state index contributed by atoms with van der Waals surface area (Å²) in [5, 5.41) is 9.62. The van der Waals surface area contributed by atoms with Gasteiger partial charge in [0.15, 0.2) is 5.65 Å². The Morgan fingerprint density at radius 1 is 1.43 bits per heavy atom. The molecule has 4 rings (SSSR count). The fourth-order valence-corrected chi connectivity index (χ4v) is 3.14. The number of H-pyrrole nitrogens is 1. The van der Waals surface area contributed by atoms with Crippen LogP contribution in [0.2, 0.25) is 0 Å². The predicted octanol–water partition coefficient (Wildman–Crippen LogP) is -0.293. The van der Waals surface area contributed by atoms with Crippen LogP contribution in [0.25, 0.3) is 5.65 Å². The molecule has 21 heavy (non-hydrogen) atoms. The number of aromatic nitrogens is 4. The van der Waals surface area contributed by atoms with Crippen molar-refractivity contribution in [3.63, 3.8) is 0 Å². The fourth-order valence-electron chi connectivity index (χ4n) is 3.14. The Bertz CT molecular complexity index is 703. The van der Waals surface area contributed by atoms with Gasteiger partial charge in [-0.05, 0) is 25.9 Å². The van der Waals surface area contributed by atoms with Gasteiger partial charge in [-0.25, -0.2) is 19.3 Å². The van der Waals surface area contributed by atoms with Gasteiger partial charge in [-0.2, -0.15) is 5.10 Å². The number of hydrogen-bond donors (Lipinski definition) is 2. The van der Waals surface area contributed by atoms with Crippen molar-refractivity contribution in [2.45, 2.75) is 31.0 Å². The number of nitrogens with one attached hydrogen (secondary N) is 2. The SMILES string of the molecule is O=c1[nH]nc2cc(OC3COC4(CCNCC4)C3)ncn12. The Morgan fingerprint density at radius 2 is 2.29 bits per heavy atom. The molecule has 0 bridgehead atoms. The van der Waals surface area contributed by atoms with E-state index in [-0.39, 0.29) is 17.4 Å². The molecule has 0 aliphatic carbocycles. The lowest BCUT2D eigenvalue weighted by Gasteiger charge is -2.32. The number of fused-ring (bicyclic) bond motifs is 1. The molecule has 2 aliphatic rings. The first-order chi connectivity index (χ1) is 10.2. The van der Waals surface area contributed by atoms with Crippen molar-refractivity contribution in [3.8, 4) is 5.88 Å². The lowest BCUT2D eigenvalue weighted by Crippen LogP contribution is -2.41. The highest BCUT2D eigenvalue weighted by Crippen LogP contribution is 2.35. The summed E-state index contributed by atoms with van der Waals surface area (Å²) in [6, 6.07) is 1.66. The third kappa shape index (κ3) is 2.30. The smallest absolute Gasteiger partial charge is 0.348 e. The van der Waals surface area contributed by atoms with Gasteiger partial charge in [0.05, 0.1) is 12.2 Å². The van der Waals surface area contributed by atoms with Crippen molar-refractivity contribution in [2.24, 2.45) is 0 Å². The summed E-state index contributed by atoms with van der Waals surface area (Å²) in [6.45, 7) is 2.57. The second-order valence-electron chi connectivity index (χ2n) is 5.67. The number of ether oxygens (including phenoxy) is 2. The van der Waals surface area contributed by atoms with Gasteiger partial charge >= 0.3 is 5.69 Å². The first-order valence-corrected chi connectivity index (χ1v) is 7.18. The molecule has 2 saturated heterocycles. The fraction of sp³-hybridized carbons (Fsp3) is 0.615. The van der Waals surface area contributed by atoms with Gasteiger partial charge in [0.2, 0.25) is 5.88 Å². The highest BCUT2D eigenvalue weighted by Gasteiger charge is 2.42. The topological polar surface area (TPSA) is 93.5 Å². The standard InChI is InChI=1S/C13H17N5O3/c19-12-17-16-10-5-11(15-8-18(10)12)21-9-6-13(20-7-9)1-3-14-4-2-13/h5,8-9,14H,1-4,6-7H2,(H,17,19). The maximum Gasteiger partial charge on any atom is 0.348 e. The Balaban J connectivity index is 1.49. The molecule has 2 aromatic heterocycles. The Morgan fingerprint density at radius 3 is 3.14 bits per heavy atom. The molecule has 0 aromatic carbocycles. The number of nitrogens with zero attached hydrogens (tertiary/aromatic N) is 3. The molecule has 112 valence electrons. The van der Waals surface area contributed by atoms with E-state index in [1.807, 2.05) is 0 Å². The van der Waals surface area contributed by atoms with E-state index >= 15 is 0 Å². The minimum Gasteiger partial charge on any atom is -0.472 e. The molecule has 0 saturated carbocycles. The first kappa shape index (κ1) is 12.8. The second-order valence-corrected chi connectivity index (χ2v) is 5.67. The van der Waals surface area contributed by atoms with Gasteiger partial charge in [-0.15, -0.1) is 0 Å². The molecule has 0 amide bonds. The zero-order chi connectivity index (χ0) is 14.3. The van der Waals surface area contributed by atoms with E-state index in [1.54, 1.807) is 6.07 Å². The Kier molecular flexibility index (Phi) is 2.93. The number of piperidine rings is 1. The van der Waals surface area contributed by atoms with Crippen molar-refractivity contribution >= 4 is 5.65 Å². The molecule has 2 aliphatic heterocycles. The maximum atomic E-state index is 11.4. The van der Waals surface area contributed by atoms with Crippen LogP contribution < -0.4 is 15.7 Å². The van der Waals surface area contributed by atoms with Crippen molar-refractivity contribution in [3.05, 3.63) is 22.9 Å². The van der Waals surface area contributed by atoms with E-state index in [0.29, 0.717) is 18.1 Å². The number of aromatic amines is 1. The van der Waals surface area contributed by atoms with E-state index in [4.69, 9.17) is 9.47 Å². The zero-order valence-electron chi connectivity index (χ0n) is 11.5. The van der Waals surface area contributed by atoms with Crippen molar-refractivity contribution in [2.75, 3.05) is 19.7 Å². The molecule has 2 aromatic rings. The molecule has 8 nitrogen and oxygen atoms in total. The van der Waals surface area contributed by atoms with Crippen LogP contribution in [0.5, 0.6) is 5.88 Å². The van der Waals surface area contributed by atoms with Crippen LogP contribution in [0, 0.1) is 0 Å². The predicted molar refractivity (Wildman–Crippen MR) is 73.4 cm³/mol. The van der Waals surface area contributed by atoms with Gasteiger partial charge in [-0.3, -0.25) is 0 Å². The van der Waals surface area contributed by atoms with Gasteiger partial charge in [0.25, 0.3) is 0 Å². The third-order valence-electron chi connectivity index (χ3n) is 4.26. The molecule has 1 unspecified atom stereocenters. The monoisotopic (exact) mass is 291 g/mol. The largest absolute Gasteiger partial charge is 0.472 e. The van der Waals surface area contributed by atoms with Crippen LogP contribution >= 0.6 is 0 Å². The van der Waals surface area contributed by atoms with Crippen molar-refractivity contribution < 1.29 is 9.47 Å². The Labute approximate surface area is 120 Å². The molecular formula is C13H17N5O3. The van der Waals surface area contributed by atoms with Gasteiger partial charge < -0.3 is 14.8 Å². The normalized spacial score (nSPS) is 24.7. The van der Waals surface area contributed by atoms with Crippen LogP contribution in [0.1, 0.15) is 19.3 Å². The summed E-state index contributed by atoms with van der Waals surface area (Å²) in [7, 11) is 0. The zero-order valence-corrected chi connectivity index (χ0v) is 11.5. The number of rotatable bonds is 2. The molecule has 2 N–H and O–H groups in total. The van der Waals surface area contributed by atoms with Crippen molar-refractivity contribution in [1.82, 2.24) is 24.9 Å². The second kappa shape index (κ2) is 4.81. The molecular weight excluding hydrogens is 274 g/mol. The van der Waals surface area contributed by atoms with E-state index in [1.165, 1.54) is 10.7 Å². The lowest BCUT2D eigenvalue weighted by molar-refractivity contribution is -0.0205. The highest BCUT2D eigenvalue weighted by atomic mass is 16.6. The van der Waals surface area contributed by atoms with Crippen LogP contribution in [0.4, 0.5) is 0 Å². The molecule has 1 spiro atoms. The third-order valence-corrected chi connectivity index (χ3v) is 4.26. The minimum atomic E-state index is -0.304.